The zero-order valence-electron chi connectivity index (χ0n) is 15.2. The number of likely N-dealkylation sites (N-methyl/N-ethyl adjacent to an activating group) is 1. The third-order valence-corrected chi connectivity index (χ3v) is 5.60. The van der Waals surface area contributed by atoms with Gasteiger partial charge in [-0.3, -0.25) is 9.69 Å². The highest BCUT2D eigenvalue weighted by atomic mass is 16.5. The summed E-state index contributed by atoms with van der Waals surface area (Å²) >= 11 is 0. The minimum atomic E-state index is -0.768. The highest BCUT2D eigenvalue weighted by Crippen LogP contribution is 2.41. The highest BCUT2D eigenvalue weighted by molar-refractivity contribution is 6.15. The van der Waals surface area contributed by atoms with E-state index in [1.807, 2.05) is 42.3 Å². The summed E-state index contributed by atoms with van der Waals surface area (Å²) in [5.41, 5.74) is 1.48. The van der Waals surface area contributed by atoms with Gasteiger partial charge in [-0.05, 0) is 25.1 Å². The molecule has 2 bridgehead atoms. The molecule has 0 aliphatic carbocycles. The van der Waals surface area contributed by atoms with Gasteiger partial charge in [0.25, 0.3) is 0 Å². The van der Waals surface area contributed by atoms with Gasteiger partial charge in [0.05, 0.1) is 17.6 Å². The van der Waals surface area contributed by atoms with Crippen LogP contribution >= 0.6 is 0 Å². The van der Waals surface area contributed by atoms with Crippen molar-refractivity contribution in [1.29, 1.82) is 0 Å². The third-order valence-electron chi connectivity index (χ3n) is 5.60. The first-order valence-corrected chi connectivity index (χ1v) is 8.86. The second-order valence-electron chi connectivity index (χ2n) is 7.30. The summed E-state index contributed by atoms with van der Waals surface area (Å²) in [7, 11) is 1.91. The first kappa shape index (κ1) is 18.5. The maximum absolute atomic E-state index is 12.5. The molecule has 26 heavy (non-hydrogen) atoms. The van der Waals surface area contributed by atoms with E-state index in [0.29, 0.717) is 24.0 Å². The number of hydrogen-bond donors (Lipinski definition) is 1. The molecule has 2 heterocycles. The number of benzene rings is 1. The highest BCUT2D eigenvalue weighted by Gasteiger charge is 2.54. The van der Waals surface area contributed by atoms with Gasteiger partial charge in [0.1, 0.15) is 6.10 Å². The number of carbonyl (C=O) groups excluding carboxylic acids is 2. The van der Waals surface area contributed by atoms with E-state index in [-0.39, 0.29) is 24.0 Å². The monoisotopic (exact) mass is 355 g/mol. The number of piperidine rings is 1. The number of nitrogens with zero attached hydrogens (tertiary/aromatic N) is 1. The van der Waals surface area contributed by atoms with Gasteiger partial charge in [0.15, 0.2) is 5.78 Å². The standard InChI is InChI=1S/C21H25NO4/c1-12(2)19(23)18-16-10-15(11-17(20(18)24)22(16)4)26-21(25)13(3)14-8-6-5-7-9-14/h5-9,15-18,20,24H,1,3,10-11H2,2,4H3. The molecule has 5 nitrogen and oxygen atoms in total. The lowest BCUT2D eigenvalue weighted by molar-refractivity contribution is -0.145. The van der Waals surface area contributed by atoms with E-state index in [4.69, 9.17) is 4.74 Å². The Balaban J connectivity index is 1.71. The molecule has 5 heteroatoms. The van der Waals surface area contributed by atoms with Crippen LogP contribution in [0, 0.1) is 5.92 Å². The zero-order valence-corrected chi connectivity index (χ0v) is 15.2. The Hall–Kier alpha value is -2.24. The van der Waals surface area contributed by atoms with Crippen molar-refractivity contribution >= 4 is 17.3 Å². The van der Waals surface area contributed by atoms with E-state index >= 15 is 0 Å². The van der Waals surface area contributed by atoms with Crippen molar-refractivity contribution in [3.05, 3.63) is 54.6 Å². The predicted molar refractivity (Wildman–Crippen MR) is 99.2 cm³/mol. The lowest BCUT2D eigenvalue weighted by atomic mass is 9.88. The number of esters is 1. The number of aliphatic hydroxyl groups is 1. The summed E-state index contributed by atoms with van der Waals surface area (Å²) in [6, 6.07) is 8.82. The van der Waals surface area contributed by atoms with Crippen LogP contribution in [0.25, 0.3) is 5.57 Å². The first-order chi connectivity index (χ1) is 12.3. The average Bonchev–Trinajstić information content (AvgIpc) is 2.76. The minimum absolute atomic E-state index is 0.113. The largest absolute Gasteiger partial charge is 0.459 e. The normalized spacial score (nSPS) is 30.7. The van der Waals surface area contributed by atoms with Crippen LogP contribution in [0.2, 0.25) is 0 Å². The van der Waals surface area contributed by atoms with Gasteiger partial charge in [-0.1, -0.05) is 43.5 Å². The van der Waals surface area contributed by atoms with Crippen LogP contribution in [-0.4, -0.2) is 53.1 Å². The van der Waals surface area contributed by atoms with Gasteiger partial charge in [0, 0.05) is 24.9 Å². The van der Waals surface area contributed by atoms with Crippen LogP contribution in [0.4, 0.5) is 0 Å². The van der Waals surface area contributed by atoms with Crippen LogP contribution in [0.5, 0.6) is 0 Å². The van der Waals surface area contributed by atoms with Gasteiger partial charge in [-0.25, -0.2) is 4.79 Å². The maximum Gasteiger partial charge on any atom is 0.338 e. The Morgan fingerprint density at radius 2 is 1.77 bits per heavy atom. The molecular weight excluding hydrogens is 330 g/mol. The van der Waals surface area contributed by atoms with E-state index in [0.717, 1.165) is 5.56 Å². The number of hydrogen-bond acceptors (Lipinski definition) is 5. The Morgan fingerprint density at radius 1 is 1.15 bits per heavy atom. The second kappa shape index (κ2) is 7.17. The van der Waals surface area contributed by atoms with Gasteiger partial charge in [0.2, 0.25) is 0 Å². The fourth-order valence-electron chi connectivity index (χ4n) is 4.15. The number of ether oxygens (including phenoxy) is 1. The smallest absolute Gasteiger partial charge is 0.338 e. The Kier molecular flexibility index (Phi) is 5.12. The van der Waals surface area contributed by atoms with Crippen molar-refractivity contribution in [2.75, 3.05) is 7.05 Å². The van der Waals surface area contributed by atoms with Gasteiger partial charge < -0.3 is 9.84 Å². The third kappa shape index (κ3) is 3.24. The van der Waals surface area contributed by atoms with Crippen molar-refractivity contribution < 1.29 is 19.4 Å². The van der Waals surface area contributed by atoms with Crippen molar-refractivity contribution in [1.82, 2.24) is 4.90 Å². The fourth-order valence-corrected chi connectivity index (χ4v) is 4.15. The number of carbonyl (C=O) groups is 2. The predicted octanol–water partition coefficient (Wildman–Crippen LogP) is 2.21. The van der Waals surface area contributed by atoms with E-state index in [1.165, 1.54) is 0 Å². The molecule has 0 aromatic heterocycles. The summed E-state index contributed by atoms with van der Waals surface area (Å²) in [5.74, 6) is -1.08. The second-order valence-corrected chi connectivity index (χ2v) is 7.30. The summed E-state index contributed by atoms with van der Waals surface area (Å²) in [6.07, 6.45) is -0.0919. The summed E-state index contributed by atoms with van der Waals surface area (Å²) in [6.45, 7) is 9.23. The molecule has 0 amide bonds. The maximum atomic E-state index is 12.5. The minimum Gasteiger partial charge on any atom is -0.459 e. The molecule has 0 spiro atoms. The van der Waals surface area contributed by atoms with Crippen LogP contribution in [-0.2, 0) is 14.3 Å². The number of Topliss-reactive ketones (excluding diaryl/α,β-unsaturated/α-hetero) is 1. The van der Waals surface area contributed by atoms with Crippen molar-refractivity contribution in [3.8, 4) is 0 Å². The fraction of sp³-hybridized carbons (Fsp3) is 0.429. The lowest BCUT2D eigenvalue weighted by Crippen LogP contribution is -2.46. The number of fused-ring (bicyclic) bond motifs is 2. The molecule has 2 aliphatic heterocycles. The van der Waals surface area contributed by atoms with Crippen molar-refractivity contribution in [2.24, 2.45) is 5.92 Å². The molecule has 3 rings (SSSR count). The summed E-state index contributed by atoms with van der Waals surface area (Å²) < 4.78 is 5.66. The molecule has 0 saturated carbocycles. The lowest BCUT2D eigenvalue weighted by Gasteiger charge is -2.36. The summed E-state index contributed by atoms with van der Waals surface area (Å²) in [4.78, 5) is 26.9. The van der Waals surface area contributed by atoms with Gasteiger partial charge >= 0.3 is 5.97 Å². The number of allylic oxidation sites excluding steroid dienone is 1. The molecule has 1 N–H and O–H groups in total. The molecule has 138 valence electrons. The Morgan fingerprint density at radius 3 is 2.38 bits per heavy atom. The summed E-state index contributed by atoms with van der Waals surface area (Å²) in [5, 5.41) is 10.6. The van der Waals surface area contributed by atoms with E-state index in [9.17, 15) is 14.7 Å². The Bertz CT molecular complexity index is 742. The molecule has 1 aromatic rings. The van der Waals surface area contributed by atoms with Crippen LogP contribution in [0.3, 0.4) is 0 Å². The number of rotatable bonds is 5. The molecule has 5 atom stereocenters. The molecule has 0 radical (unpaired) electrons. The Labute approximate surface area is 154 Å². The number of ketones is 1. The molecule has 2 saturated heterocycles. The van der Waals surface area contributed by atoms with E-state index in [1.54, 1.807) is 6.92 Å². The molecule has 1 aromatic carbocycles. The SMILES string of the molecule is C=C(C)C(=O)C1C(O)C2CC(OC(=O)C(=C)c3ccccc3)CC1N2C. The first-order valence-electron chi connectivity index (χ1n) is 8.86. The molecule has 5 unspecified atom stereocenters. The van der Waals surface area contributed by atoms with Crippen molar-refractivity contribution in [3.63, 3.8) is 0 Å². The van der Waals surface area contributed by atoms with Gasteiger partial charge in [-0.15, -0.1) is 0 Å². The zero-order chi connectivity index (χ0) is 19.0. The quantitative estimate of drug-likeness (QED) is 0.648. The van der Waals surface area contributed by atoms with Crippen LogP contribution in [0.1, 0.15) is 25.3 Å². The van der Waals surface area contributed by atoms with Crippen LogP contribution < -0.4 is 0 Å². The average molecular weight is 355 g/mol. The van der Waals surface area contributed by atoms with Crippen molar-refractivity contribution in [2.45, 2.75) is 44.1 Å². The van der Waals surface area contributed by atoms with E-state index < -0.39 is 18.0 Å². The molecule has 2 fully saturated rings. The molecule has 2 aliphatic rings. The van der Waals surface area contributed by atoms with Gasteiger partial charge in [-0.2, -0.15) is 0 Å². The van der Waals surface area contributed by atoms with E-state index in [2.05, 4.69) is 13.2 Å². The number of aliphatic hydroxyl groups excluding tert-OH is 1. The molecular formula is C21H25NO4. The van der Waals surface area contributed by atoms with Crippen LogP contribution in [0.15, 0.2) is 49.1 Å². The topological polar surface area (TPSA) is 66.8 Å².